The van der Waals surface area contributed by atoms with E-state index in [1.54, 1.807) is 6.08 Å². The van der Waals surface area contributed by atoms with Crippen LogP contribution in [0.15, 0.2) is 11.6 Å². The van der Waals surface area contributed by atoms with Crippen molar-refractivity contribution in [1.29, 1.82) is 0 Å². The van der Waals surface area contributed by atoms with E-state index in [9.17, 15) is 14.7 Å². The summed E-state index contributed by atoms with van der Waals surface area (Å²) in [7, 11) is 0. The third kappa shape index (κ3) is 1.86. The molecule has 0 unspecified atom stereocenters. The Labute approximate surface area is 142 Å². The van der Waals surface area contributed by atoms with E-state index in [1.165, 1.54) is 0 Å². The van der Waals surface area contributed by atoms with Gasteiger partial charge in [0.25, 0.3) is 0 Å². The first-order valence-corrected chi connectivity index (χ1v) is 8.93. The van der Waals surface area contributed by atoms with Gasteiger partial charge in [0.15, 0.2) is 5.78 Å². The molecule has 1 N–H and O–H groups in total. The van der Waals surface area contributed by atoms with Gasteiger partial charge in [0.1, 0.15) is 5.78 Å². The summed E-state index contributed by atoms with van der Waals surface area (Å²) >= 11 is 0. The highest BCUT2D eigenvalue weighted by Gasteiger charge is 2.63. The second-order valence-electron chi connectivity index (χ2n) is 8.80. The van der Waals surface area contributed by atoms with E-state index < -0.39 is 17.9 Å². The van der Waals surface area contributed by atoms with Crippen LogP contribution in [0.4, 0.5) is 0 Å². The molecule has 0 amide bonds. The van der Waals surface area contributed by atoms with Crippen LogP contribution in [0.25, 0.3) is 0 Å². The van der Waals surface area contributed by atoms with Gasteiger partial charge in [-0.15, -0.1) is 0 Å². The third-order valence-corrected chi connectivity index (χ3v) is 7.93. The maximum Gasteiger partial charge on any atom is 0.159 e. The highest BCUT2D eigenvalue weighted by atomic mass is 16.3. The highest BCUT2D eigenvalue weighted by molar-refractivity contribution is 5.96. The van der Waals surface area contributed by atoms with Crippen LogP contribution in [-0.2, 0) is 9.59 Å². The Kier molecular flexibility index (Phi) is 2.46. The van der Waals surface area contributed by atoms with Gasteiger partial charge >= 0.3 is 0 Å². The van der Waals surface area contributed by atoms with Gasteiger partial charge in [-0.3, -0.25) is 9.59 Å². The summed E-state index contributed by atoms with van der Waals surface area (Å²) in [5.74, 6) is 0.0692. The SMILES string of the molecule is [2H]C([2H])([2H])[C@]1(O)CC[C@H]2[C@@H]3C(=O)C=C4CC(=O)CC[C@]4(C)[C@H]3CC[C@@]21C. The molecule has 3 fully saturated rings. The molecule has 0 aromatic heterocycles. The number of hydrogen-bond donors (Lipinski definition) is 1. The molecule has 4 rings (SSSR count). The topological polar surface area (TPSA) is 54.4 Å². The van der Waals surface area contributed by atoms with Crippen LogP contribution >= 0.6 is 0 Å². The Bertz CT molecular complexity index is 712. The van der Waals surface area contributed by atoms with Gasteiger partial charge in [-0.2, -0.15) is 0 Å². The molecule has 3 nitrogen and oxygen atoms in total. The fourth-order valence-electron chi connectivity index (χ4n) is 6.24. The van der Waals surface area contributed by atoms with E-state index in [-0.39, 0.29) is 41.2 Å². The van der Waals surface area contributed by atoms with E-state index in [4.69, 9.17) is 4.11 Å². The van der Waals surface area contributed by atoms with E-state index >= 15 is 0 Å². The normalized spacial score (nSPS) is 55.0. The van der Waals surface area contributed by atoms with E-state index in [0.717, 1.165) is 18.4 Å². The maximum atomic E-state index is 13.1. The molecule has 23 heavy (non-hydrogen) atoms. The average Bonchev–Trinajstić information content (AvgIpc) is 2.82. The third-order valence-electron chi connectivity index (χ3n) is 7.93. The molecular formula is C20H28O3. The molecule has 0 spiro atoms. The van der Waals surface area contributed by atoms with Gasteiger partial charge in [0.05, 0.1) is 5.60 Å². The summed E-state index contributed by atoms with van der Waals surface area (Å²) in [4.78, 5) is 25.0. The van der Waals surface area contributed by atoms with Crippen LogP contribution in [0.1, 0.15) is 69.8 Å². The predicted octanol–water partition coefficient (Wildman–Crippen LogP) is 3.45. The molecule has 0 aromatic rings. The highest BCUT2D eigenvalue weighted by Crippen LogP contribution is 2.66. The lowest BCUT2D eigenvalue weighted by atomic mass is 9.47. The molecule has 126 valence electrons. The lowest BCUT2D eigenvalue weighted by Gasteiger charge is -2.57. The average molecular weight is 319 g/mol. The van der Waals surface area contributed by atoms with Gasteiger partial charge in [0.2, 0.25) is 0 Å². The predicted molar refractivity (Wildman–Crippen MR) is 87.7 cm³/mol. The number of ketones is 2. The monoisotopic (exact) mass is 319 g/mol. The zero-order valence-corrected chi connectivity index (χ0v) is 14.0. The van der Waals surface area contributed by atoms with Crippen molar-refractivity contribution in [2.24, 2.45) is 28.6 Å². The molecular weight excluding hydrogens is 288 g/mol. The molecule has 0 aromatic carbocycles. The lowest BCUT2D eigenvalue weighted by Crippen LogP contribution is -2.56. The number of allylic oxidation sites excluding steroid dienone is 2. The molecule has 0 bridgehead atoms. The Morgan fingerprint density at radius 1 is 1.17 bits per heavy atom. The molecule has 3 heteroatoms. The van der Waals surface area contributed by atoms with E-state index in [0.29, 0.717) is 25.7 Å². The molecule has 0 heterocycles. The molecule has 0 saturated heterocycles. The van der Waals surface area contributed by atoms with Gasteiger partial charge in [-0.1, -0.05) is 19.4 Å². The number of carbonyl (C=O) groups is 2. The van der Waals surface area contributed by atoms with Gasteiger partial charge in [0, 0.05) is 22.9 Å². The lowest BCUT2D eigenvalue weighted by molar-refractivity contribution is -0.144. The fraction of sp³-hybridized carbons (Fsp3) is 0.800. The number of rotatable bonds is 0. The molecule has 0 radical (unpaired) electrons. The Balaban J connectivity index is 1.76. The summed E-state index contributed by atoms with van der Waals surface area (Å²) in [5.41, 5.74) is -1.65. The first-order valence-electron chi connectivity index (χ1n) is 10.4. The van der Waals surface area contributed by atoms with Crippen LogP contribution in [0.3, 0.4) is 0 Å². The summed E-state index contributed by atoms with van der Waals surface area (Å²) in [6, 6.07) is 0. The van der Waals surface area contributed by atoms with Crippen LogP contribution in [0.5, 0.6) is 0 Å². The van der Waals surface area contributed by atoms with Gasteiger partial charge in [-0.05, 0) is 67.7 Å². The Morgan fingerprint density at radius 3 is 2.65 bits per heavy atom. The van der Waals surface area contributed by atoms with E-state index in [1.807, 2.05) is 6.92 Å². The largest absolute Gasteiger partial charge is 0.390 e. The first-order chi connectivity index (χ1) is 11.9. The second kappa shape index (κ2) is 4.56. The zero-order valence-electron chi connectivity index (χ0n) is 17.0. The number of carbonyl (C=O) groups excluding carboxylic acids is 2. The Morgan fingerprint density at radius 2 is 1.91 bits per heavy atom. The quantitative estimate of drug-likeness (QED) is 0.744. The van der Waals surface area contributed by atoms with Crippen LogP contribution in [0.2, 0.25) is 0 Å². The fourth-order valence-corrected chi connectivity index (χ4v) is 6.24. The summed E-state index contributed by atoms with van der Waals surface area (Å²) in [6.07, 6.45) is 5.58. The van der Waals surface area contributed by atoms with Crippen LogP contribution in [-0.4, -0.2) is 22.3 Å². The van der Waals surface area contributed by atoms with Crippen molar-refractivity contribution in [3.63, 3.8) is 0 Å². The zero-order chi connectivity index (χ0) is 19.1. The van der Waals surface area contributed by atoms with Gasteiger partial charge in [-0.25, -0.2) is 0 Å². The summed E-state index contributed by atoms with van der Waals surface area (Å²) < 4.78 is 23.7. The van der Waals surface area contributed by atoms with Crippen molar-refractivity contribution in [3.05, 3.63) is 11.6 Å². The van der Waals surface area contributed by atoms with Crippen LogP contribution in [0, 0.1) is 28.6 Å². The summed E-state index contributed by atoms with van der Waals surface area (Å²) in [6.45, 7) is 1.62. The van der Waals surface area contributed by atoms with Gasteiger partial charge < -0.3 is 5.11 Å². The first kappa shape index (κ1) is 12.4. The molecule has 4 aliphatic carbocycles. The van der Waals surface area contributed by atoms with Crippen molar-refractivity contribution in [2.75, 3.05) is 0 Å². The number of Topliss-reactive ketones (excluding diaryl/α,β-unsaturated/α-hetero) is 1. The minimum atomic E-state index is -2.44. The van der Waals surface area contributed by atoms with Crippen molar-refractivity contribution in [1.82, 2.24) is 0 Å². The van der Waals surface area contributed by atoms with E-state index in [2.05, 4.69) is 6.92 Å². The molecule has 6 atom stereocenters. The molecule has 4 aliphatic rings. The smallest absolute Gasteiger partial charge is 0.159 e. The van der Waals surface area contributed by atoms with Crippen molar-refractivity contribution >= 4 is 11.6 Å². The second-order valence-corrected chi connectivity index (χ2v) is 8.80. The Hall–Kier alpha value is -0.960. The molecule has 3 saturated carbocycles. The molecule has 0 aliphatic heterocycles. The minimum Gasteiger partial charge on any atom is -0.390 e. The van der Waals surface area contributed by atoms with Crippen molar-refractivity contribution in [2.45, 2.75) is 71.2 Å². The summed E-state index contributed by atoms with van der Waals surface area (Å²) in [5, 5.41) is 11.2. The van der Waals surface area contributed by atoms with Crippen molar-refractivity contribution < 1.29 is 18.8 Å². The number of fused-ring (bicyclic) bond motifs is 5. The minimum absolute atomic E-state index is 0.0443. The van der Waals surface area contributed by atoms with Crippen LogP contribution < -0.4 is 0 Å². The maximum absolute atomic E-state index is 13.1. The standard InChI is InChI=1S/C20H28O3/c1-18-7-4-13(21)10-12(18)11-16(22)17-14(18)5-8-19(2)15(17)6-9-20(19,3)23/h11,14-15,17,23H,4-10H2,1-3H3/t14-,15-,17+,18-,19-,20-/m0/s1/i3D3. The van der Waals surface area contributed by atoms with Crippen molar-refractivity contribution in [3.8, 4) is 0 Å². The number of hydrogen-bond acceptors (Lipinski definition) is 3. The number of aliphatic hydroxyl groups is 1.